The zero-order chi connectivity index (χ0) is 21.8. The van der Waals surface area contributed by atoms with Crippen molar-refractivity contribution in [3.8, 4) is 16.9 Å². The second-order valence-corrected chi connectivity index (χ2v) is 8.28. The second kappa shape index (κ2) is 9.47. The molecule has 2 aromatic heterocycles. The molecular formula is C24H32N6O. The second-order valence-electron chi connectivity index (χ2n) is 8.28. The van der Waals surface area contributed by atoms with Gasteiger partial charge in [-0.15, -0.1) is 0 Å². The van der Waals surface area contributed by atoms with Crippen LogP contribution >= 0.6 is 0 Å². The quantitative estimate of drug-likeness (QED) is 0.572. The molecule has 1 atom stereocenters. The summed E-state index contributed by atoms with van der Waals surface area (Å²) in [5.41, 5.74) is 4.56. The molecule has 1 fully saturated rings. The Morgan fingerprint density at radius 2 is 1.94 bits per heavy atom. The minimum absolute atomic E-state index is 0.248. The van der Waals surface area contributed by atoms with E-state index in [0.29, 0.717) is 0 Å². The van der Waals surface area contributed by atoms with Gasteiger partial charge >= 0.3 is 0 Å². The normalized spacial score (nSPS) is 17.0. The summed E-state index contributed by atoms with van der Waals surface area (Å²) in [5.74, 6) is 1.60. The Labute approximate surface area is 184 Å². The van der Waals surface area contributed by atoms with Crippen molar-refractivity contribution in [1.29, 1.82) is 0 Å². The van der Waals surface area contributed by atoms with Gasteiger partial charge in [-0.2, -0.15) is 5.10 Å². The van der Waals surface area contributed by atoms with E-state index in [0.717, 1.165) is 54.6 Å². The number of hydrogen-bond acceptors (Lipinski definition) is 6. The van der Waals surface area contributed by atoms with Gasteiger partial charge in [-0.05, 0) is 44.0 Å². The Kier molecular flexibility index (Phi) is 6.51. The molecule has 31 heavy (non-hydrogen) atoms. The van der Waals surface area contributed by atoms with Crippen LogP contribution in [0.3, 0.4) is 0 Å². The molecule has 3 aromatic rings. The molecule has 0 radical (unpaired) electrons. The van der Waals surface area contributed by atoms with Gasteiger partial charge in [0, 0.05) is 50.7 Å². The Morgan fingerprint density at radius 3 is 2.61 bits per heavy atom. The summed E-state index contributed by atoms with van der Waals surface area (Å²) in [6, 6.07) is 8.43. The number of piperidine rings is 1. The van der Waals surface area contributed by atoms with Crippen LogP contribution in [-0.4, -0.2) is 52.4 Å². The molecule has 0 aliphatic carbocycles. The van der Waals surface area contributed by atoms with E-state index in [1.807, 2.05) is 48.2 Å². The molecule has 7 heteroatoms. The number of hydrogen-bond donors (Lipinski definition) is 0. The highest BCUT2D eigenvalue weighted by Crippen LogP contribution is 2.37. The molecule has 1 aliphatic rings. The lowest BCUT2D eigenvalue weighted by molar-refractivity contribution is 0.137. The number of rotatable bonds is 7. The van der Waals surface area contributed by atoms with Crippen LogP contribution < -0.4 is 9.64 Å². The summed E-state index contributed by atoms with van der Waals surface area (Å²) in [4.78, 5) is 14.2. The van der Waals surface area contributed by atoms with Crippen molar-refractivity contribution in [3.05, 3.63) is 54.1 Å². The number of anilines is 1. The molecule has 0 saturated carbocycles. The molecule has 0 bridgehead atoms. The van der Waals surface area contributed by atoms with E-state index in [1.54, 1.807) is 7.11 Å². The highest BCUT2D eigenvalue weighted by Gasteiger charge is 2.29. The zero-order valence-electron chi connectivity index (χ0n) is 19.0. The maximum absolute atomic E-state index is 5.34. The first-order chi connectivity index (χ1) is 15.1. The van der Waals surface area contributed by atoms with Crippen molar-refractivity contribution in [2.45, 2.75) is 45.3 Å². The Morgan fingerprint density at radius 1 is 1.13 bits per heavy atom. The van der Waals surface area contributed by atoms with Gasteiger partial charge in [0.1, 0.15) is 5.75 Å². The molecule has 0 spiro atoms. The monoisotopic (exact) mass is 420 g/mol. The van der Waals surface area contributed by atoms with E-state index >= 15 is 0 Å². The molecule has 7 nitrogen and oxygen atoms in total. The van der Waals surface area contributed by atoms with Gasteiger partial charge in [0.05, 0.1) is 25.0 Å². The van der Waals surface area contributed by atoms with Crippen molar-refractivity contribution < 1.29 is 4.74 Å². The van der Waals surface area contributed by atoms with Gasteiger partial charge in [0.15, 0.2) is 0 Å². The molecule has 164 valence electrons. The third-order valence-corrected chi connectivity index (χ3v) is 5.93. The molecule has 1 saturated heterocycles. The fraction of sp³-hybridized carbons (Fsp3) is 0.458. The molecule has 1 aromatic carbocycles. The predicted octanol–water partition coefficient (Wildman–Crippen LogP) is 4.16. The lowest BCUT2D eigenvalue weighted by atomic mass is 9.93. The van der Waals surface area contributed by atoms with E-state index in [-0.39, 0.29) is 6.04 Å². The summed E-state index contributed by atoms with van der Waals surface area (Å²) in [5, 5.41) is 4.46. The molecular weight excluding hydrogens is 388 g/mol. The lowest BCUT2D eigenvalue weighted by Gasteiger charge is -2.36. The predicted molar refractivity (Wildman–Crippen MR) is 123 cm³/mol. The van der Waals surface area contributed by atoms with E-state index < -0.39 is 0 Å². The number of nitrogens with zero attached hydrogens (tertiary/aromatic N) is 6. The minimum atomic E-state index is 0.248. The molecule has 3 heterocycles. The van der Waals surface area contributed by atoms with Crippen LogP contribution in [-0.2, 0) is 13.1 Å². The lowest BCUT2D eigenvalue weighted by Crippen LogP contribution is -2.34. The van der Waals surface area contributed by atoms with Crippen LogP contribution in [0.5, 0.6) is 5.75 Å². The van der Waals surface area contributed by atoms with E-state index in [9.17, 15) is 0 Å². The average Bonchev–Trinajstić information content (AvgIpc) is 3.27. The van der Waals surface area contributed by atoms with Gasteiger partial charge < -0.3 is 9.64 Å². The number of benzene rings is 1. The minimum Gasteiger partial charge on any atom is -0.497 e. The van der Waals surface area contributed by atoms with Crippen LogP contribution in [0.25, 0.3) is 11.1 Å². The van der Waals surface area contributed by atoms with Crippen molar-refractivity contribution >= 4 is 5.95 Å². The molecule has 1 unspecified atom stereocenters. The highest BCUT2D eigenvalue weighted by atomic mass is 16.5. The maximum Gasteiger partial charge on any atom is 0.225 e. The van der Waals surface area contributed by atoms with Gasteiger partial charge in [0.25, 0.3) is 0 Å². The Balaban J connectivity index is 1.72. The highest BCUT2D eigenvalue weighted by molar-refractivity contribution is 5.67. The number of methoxy groups -OCH3 is 1. The topological polar surface area (TPSA) is 59.3 Å². The summed E-state index contributed by atoms with van der Waals surface area (Å²) < 4.78 is 7.33. The van der Waals surface area contributed by atoms with E-state index in [2.05, 4.69) is 40.2 Å². The van der Waals surface area contributed by atoms with Crippen molar-refractivity contribution in [1.82, 2.24) is 24.6 Å². The van der Waals surface area contributed by atoms with E-state index in [4.69, 9.17) is 9.72 Å². The van der Waals surface area contributed by atoms with Crippen molar-refractivity contribution in [2.75, 3.05) is 32.6 Å². The van der Waals surface area contributed by atoms with Crippen molar-refractivity contribution in [2.24, 2.45) is 0 Å². The first-order valence-electron chi connectivity index (χ1n) is 11.0. The summed E-state index contributed by atoms with van der Waals surface area (Å²) >= 11 is 0. The van der Waals surface area contributed by atoms with E-state index in [1.165, 1.54) is 18.4 Å². The summed E-state index contributed by atoms with van der Waals surface area (Å²) in [6.45, 7) is 4.95. The standard InChI is InChI=1S/C24H32N6O/c1-5-30-17-18(14-26-30)16-29-13-7-6-8-22(29)23-21(15-25-24(27-23)28(2)3)19-9-11-20(31-4)12-10-19/h9-12,14-15,17,22H,5-8,13,16H2,1-4H3. The molecule has 0 N–H and O–H groups in total. The fourth-order valence-electron chi connectivity index (χ4n) is 4.23. The summed E-state index contributed by atoms with van der Waals surface area (Å²) in [6.07, 6.45) is 9.63. The number of aromatic nitrogens is 4. The third-order valence-electron chi connectivity index (χ3n) is 5.93. The average molecular weight is 421 g/mol. The fourth-order valence-corrected chi connectivity index (χ4v) is 4.23. The largest absolute Gasteiger partial charge is 0.497 e. The van der Waals surface area contributed by atoms with Gasteiger partial charge in [0.2, 0.25) is 5.95 Å². The molecule has 0 amide bonds. The number of likely N-dealkylation sites (tertiary alicyclic amines) is 1. The first-order valence-corrected chi connectivity index (χ1v) is 11.0. The van der Waals surface area contributed by atoms with Gasteiger partial charge in [-0.1, -0.05) is 18.6 Å². The maximum atomic E-state index is 5.34. The van der Waals surface area contributed by atoms with Crippen LogP contribution in [0.4, 0.5) is 5.95 Å². The molecule has 4 rings (SSSR count). The van der Waals surface area contributed by atoms with Crippen LogP contribution in [0.2, 0.25) is 0 Å². The van der Waals surface area contributed by atoms with Crippen molar-refractivity contribution in [3.63, 3.8) is 0 Å². The SMILES string of the molecule is CCn1cc(CN2CCCCC2c2nc(N(C)C)ncc2-c2ccc(OC)cc2)cn1. The third kappa shape index (κ3) is 4.71. The smallest absolute Gasteiger partial charge is 0.225 e. The molecule has 1 aliphatic heterocycles. The first kappa shape index (κ1) is 21.3. The van der Waals surface area contributed by atoms with Gasteiger partial charge in [-0.25, -0.2) is 9.97 Å². The van der Waals surface area contributed by atoms with Crippen LogP contribution in [0.15, 0.2) is 42.9 Å². The van der Waals surface area contributed by atoms with Gasteiger partial charge in [-0.3, -0.25) is 9.58 Å². The zero-order valence-corrected chi connectivity index (χ0v) is 19.0. The number of ether oxygens (including phenoxy) is 1. The number of aryl methyl sites for hydroxylation is 1. The Hall–Kier alpha value is -2.93. The summed E-state index contributed by atoms with van der Waals surface area (Å²) in [7, 11) is 5.67. The Bertz CT molecular complexity index is 998. The van der Waals surface area contributed by atoms with Crippen LogP contribution in [0.1, 0.15) is 43.5 Å². The van der Waals surface area contributed by atoms with Crippen LogP contribution in [0, 0.1) is 0 Å².